The molecule has 3 heteroatoms. The van der Waals surface area contributed by atoms with Crippen molar-refractivity contribution in [2.24, 2.45) is 5.73 Å². The quantitative estimate of drug-likeness (QED) is 0.915. The summed E-state index contributed by atoms with van der Waals surface area (Å²) in [4.78, 5) is 4.75. The van der Waals surface area contributed by atoms with E-state index in [0.717, 1.165) is 5.69 Å². The van der Waals surface area contributed by atoms with E-state index in [1.807, 2.05) is 0 Å². The molecule has 1 aromatic carbocycles. The zero-order valence-corrected chi connectivity index (χ0v) is 11.2. The minimum absolute atomic E-state index is 0.152. The Bertz CT molecular complexity index is 512. The maximum Gasteiger partial charge on any atom is 0.103 e. The largest absolute Gasteiger partial charge is 0.325 e. The Morgan fingerprint density at radius 3 is 2.50 bits per heavy atom. The third-order valence-electron chi connectivity index (χ3n) is 3.95. The molecule has 1 aromatic heterocycles. The number of nitrogens with zero attached hydrogens (tertiary/aromatic N) is 1. The van der Waals surface area contributed by atoms with Crippen LogP contribution in [-0.2, 0) is 12.0 Å². The van der Waals surface area contributed by atoms with E-state index < -0.39 is 0 Å². The second-order valence-electron chi connectivity index (χ2n) is 5.00. The molecule has 0 saturated heterocycles. The Kier molecular flexibility index (Phi) is 3.18. The predicted molar refractivity (Wildman–Crippen MR) is 75.7 cm³/mol. The molecule has 0 radical (unpaired) electrons. The summed E-state index contributed by atoms with van der Waals surface area (Å²) in [6.07, 6.45) is 5.03. The van der Waals surface area contributed by atoms with E-state index in [4.69, 9.17) is 10.7 Å². The van der Waals surface area contributed by atoms with Crippen LogP contribution in [0.1, 0.15) is 41.9 Å². The first-order valence-corrected chi connectivity index (χ1v) is 7.43. The zero-order chi connectivity index (χ0) is 12.4. The van der Waals surface area contributed by atoms with Crippen LogP contribution in [0, 0.1) is 0 Å². The molecule has 18 heavy (non-hydrogen) atoms. The van der Waals surface area contributed by atoms with Crippen LogP contribution < -0.4 is 5.73 Å². The first kappa shape index (κ1) is 11.9. The highest BCUT2D eigenvalue weighted by molar-refractivity contribution is 7.09. The summed E-state index contributed by atoms with van der Waals surface area (Å²) in [6.45, 7) is 0.543. The number of nitrogens with two attached hydrogens (primary N) is 1. The van der Waals surface area contributed by atoms with Crippen molar-refractivity contribution >= 4 is 11.3 Å². The Morgan fingerprint density at radius 1 is 1.17 bits per heavy atom. The third kappa shape index (κ3) is 1.88. The average molecular weight is 258 g/mol. The maximum absolute atomic E-state index is 5.69. The van der Waals surface area contributed by atoms with Crippen molar-refractivity contribution in [3.63, 3.8) is 0 Å². The van der Waals surface area contributed by atoms with Crippen molar-refractivity contribution in [1.29, 1.82) is 0 Å². The average Bonchev–Trinajstić information content (AvgIpc) is 3.09. The van der Waals surface area contributed by atoms with Gasteiger partial charge in [-0.1, -0.05) is 43.2 Å². The molecule has 0 amide bonds. The van der Waals surface area contributed by atoms with Gasteiger partial charge in [0.1, 0.15) is 5.01 Å². The zero-order valence-electron chi connectivity index (χ0n) is 10.4. The highest BCUT2D eigenvalue weighted by Crippen LogP contribution is 2.47. The molecule has 0 bridgehead atoms. The van der Waals surface area contributed by atoms with Gasteiger partial charge in [-0.15, -0.1) is 11.3 Å². The van der Waals surface area contributed by atoms with Crippen LogP contribution in [0.3, 0.4) is 0 Å². The van der Waals surface area contributed by atoms with E-state index in [1.165, 1.54) is 36.3 Å². The Morgan fingerprint density at radius 2 is 1.89 bits per heavy atom. The first-order chi connectivity index (χ1) is 8.85. The summed E-state index contributed by atoms with van der Waals surface area (Å²) >= 11 is 1.77. The van der Waals surface area contributed by atoms with Gasteiger partial charge < -0.3 is 5.73 Å². The van der Waals surface area contributed by atoms with Gasteiger partial charge in [-0.2, -0.15) is 0 Å². The van der Waals surface area contributed by atoms with Crippen molar-refractivity contribution in [2.45, 2.75) is 37.6 Å². The van der Waals surface area contributed by atoms with E-state index in [2.05, 4.69) is 35.7 Å². The van der Waals surface area contributed by atoms with Gasteiger partial charge in [-0.3, -0.25) is 0 Å². The van der Waals surface area contributed by atoms with Crippen molar-refractivity contribution < 1.29 is 0 Å². The Labute approximate surface area is 112 Å². The molecule has 2 N–H and O–H groups in total. The molecule has 0 spiro atoms. The van der Waals surface area contributed by atoms with Gasteiger partial charge in [0.2, 0.25) is 0 Å². The van der Waals surface area contributed by atoms with Gasteiger partial charge in [0.15, 0.2) is 0 Å². The lowest BCUT2D eigenvalue weighted by molar-refractivity contribution is 0.530. The highest BCUT2D eigenvalue weighted by atomic mass is 32.1. The molecule has 2 nitrogen and oxygen atoms in total. The molecular weight excluding hydrogens is 240 g/mol. The van der Waals surface area contributed by atoms with Crippen LogP contribution >= 0.6 is 11.3 Å². The summed E-state index contributed by atoms with van der Waals surface area (Å²) in [5, 5.41) is 3.37. The van der Waals surface area contributed by atoms with Crippen molar-refractivity contribution in [3.8, 4) is 0 Å². The summed E-state index contributed by atoms with van der Waals surface area (Å²) in [7, 11) is 0. The number of hydrogen-bond donors (Lipinski definition) is 1. The van der Waals surface area contributed by atoms with Gasteiger partial charge in [0.25, 0.3) is 0 Å². The summed E-state index contributed by atoms with van der Waals surface area (Å²) < 4.78 is 0. The van der Waals surface area contributed by atoms with E-state index in [-0.39, 0.29) is 5.41 Å². The molecule has 1 aliphatic carbocycles. The first-order valence-electron chi connectivity index (χ1n) is 6.56. The standard InChI is InChI=1S/C15H18N2S/c16-10-13-11-18-14(17-13)15(8-4-5-9-15)12-6-2-1-3-7-12/h1-3,6-7,11H,4-5,8-10,16H2. The Balaban J connectivity index is 2.06. The smallest absolute Gasteiger partial charge is 0.103 e. The fourth-order valence-corrected chi connectivity index (χ4v) is 4.10. The van der Waals surface area contributed by atoms with Crippen LogP contribution in [-0.4, -0.2) is 4.98 Å². The molecule has 94 valence electrons. The van der Waals surface area contributed by atoms with Gasteiger partial charge in [-0.25, -0.2) is 4.98 Å². The molecular formula is C15H18N2S. The van der Waals surface area contributed by atoms with E-state index >= 15 is 0 Å². The molecule has 1 heterocycles. The lowest BCUT2D eigenvalue weighted by atomic mass is 9.79. The topological polar surface area (TPSA) is 38.9 Å². The van der Waals surface area contributed by atoms with Crippen LogP contribution in [0.4, 0.5) is 0 Å². The van der Waals surface area contributed by atoms with E-state index in [1.54, 1.807) is 11.3 Å². The third-order valence-corrected chi connectivity index (χ3v) is 5.05. The summed E-state index contributed by atoms with van der Waals surface area (Å²) in [6, 6.07) is 10.8. The Hall–Kier alpha value is -1.19. The number of hydrogen-bond acceptors (Lipinski definition) is 3. The maximum atomic E-state index is 5.69. The lowest BCUT2D eigenvalue weighted by Crippen LogP contribution is -2.23. The van der Waals surface area contributed by atoms with E-state index in [9.17, 15) is 0 Å². The normalized spacial score (nSPS) is 18.1. The second-order valence-corrected chi connectivity index (χ2v) is 5.86. The number of thiazole rings is 1. The van der Waals surface area contributed by atoms with Crippen LogP contribution in [0.2, 0.25) is 0 Å². The van der Waals surface area contributed by atoms with Gasteiger partial charge >= 0.3 is 0 Å². The van der Waals surface area contributed by atoms with Crippen molar-refractivity contribution in [3.05, 3.63) is 52.0 Å². The molecule has 0 atom stereocenters. The number of benzene rings is 1. The van der Waals surface area contributed by atoms with Crippen LogP contribution in [0.5, 0.6) is 0 Å². The summed E-state index contributed by atoms with van der Waals surface area (Å²) in [5.74, 6) is 0. The molecule has 2 aromatic rings. The SMILES string of the molecule is NCc1csc(C2(c3ccccc3)CCCC2)n1. The minimum Gasteiger partial charge on any atom is -0.325 e. The lowest BCUT2D eigenvalue weighted by Gasteiger charge is -2.27. The minimum atomic E-state index is 0.152. The molecule has 0 aliphatic heterocycles. The molecule has 3 rings (SSSR count). The molecule has 1 saturated carbocycles. The molecule has 0 unspecified atom stereocenters. The van der Waals surface area contributed by atoms with Crippen molar-refractivity contribution in [1.82, 2.24) is 4.98 Å². The van der Waals surface area contributed by atoms with Crippen molar-refractivity contribution in [2.75, 3.05) is 0 Å². The predicted octanol–water partition coefficient (Wildman–Crippen LogP) is 3.46. The van der Waals surface area contributed by atoms with Crippen LogP contribution in [0.25, 0.3) is 0 Å². The molecule has 1 aliphatic rings. The summed E-state index contributed by atoms with van der Waals surface area (Å²) in [5.41, 5.74) is 8.28. The highest BCUT2D eigenvalue weighted by Gasteiger charge is 2.39. The monoisotopic (exact) mass is 258 g/mol. The molecule has 1 fully saturated rings. The van der Waals surface area contributed by atoms with Gasteiger partial charge in [0.05, 0.1) is 5.69 Å². The fraction of sp³-hybridized carbons (Fsp3) is 0.400. The number of aromatic nitrogens is 1. The van der Waals surface area contributed by atoms with Crippen LogP contribution in [0.15, 0.2) is 35.7 Å². The second kappa shape index (κ2) is 4.82. The van der Waals surface area contributed by atoms with Gasteiger partial charge in [-0.05, 0) is 18.4 Å². The fourth-order valence-electron chi connectivity index (χ4n) is 2.98. The van der Waals surface area contributed by atoms with E-state index in [0.29, 0.717) is 6.54 Å². The van der Waals surface area contributed by atoms with Gasteiger partial charge in [0, 0.05) is 17.3 Å². The number of rotatable bonds is 3.